The lowest BCUT2D eigenvalue weighted by Gasteiger charge is -2.33. The van der Waals surface area contributed by atoms with Crippen molar-refractivity contribution in [2.75, 3.05) is 19.4 Å². The first-order valence-electron chi connectivity index (χ1n) is 7.49. The van der Waals surface area contributed by atoms with Crippen LogP contribution < -0.4 is 5.32 Å². The summed E-state index contributed by atoms with van der Waals surface area (Å²) >= 11 is 2.18. The molecule has 0 radical (unpaired) electrons. The Kier molecular flexibility index (Phi) is 7.66. The molecule has 0 aromatic carbocycles. The van der Waals surface area contributed by atoms with Crippen LogP contribution in [0.3, 0.4) is 0 Å². The number of ether oxygens (including phenoxy) is 1. The Balaban J connectivity index is 2.43. The predicted molar refractivity (Wildman–Crippen MR) is 82.5 cm³/mol. The molecule has 2 atom stereocenters. The third kappa shape index (κ3) is 5.94. The second kappa shape index (κ2) is 8.44. The summed E-state index contributed by atoms with van der Waals surface area (Å²) in [5, 5.41) is 4.58. The topological polar surface area (TPSA) is 21.3 Å². The lowest BCUT2D eigenvalue weighted by molar-refractivity contribution is 0.0116. The van der Waals surface area contributed by atoms with Gasteiger partial charge in [0, 0.05) is 18.4 Å². The molecule has 3 heteroatoms. The Morgan fingerprint density at radius 3 is 2.72 bits per heavy atom. The van der Waals surface area contributed by atoms with Crippen molar-refractivity contribution in [3.63, 3.8) is 0 Å². The van der Waals surface area contributed by atoms with E-state index in [-0.39, 0.29) is 5.60 Å². The number of thioether (sulfide) groups is 1. The van der Waals surface area contributed by atoms with Gasteiger partial charge in [-0.2, -0.15) is 11.8 Å². The molecule has 0 aliphatic carbocycles. The largest absolute Gasteiger partial charge is 0.379 e. The van der Waals surface area contributed by atoms with Gasteiger partial charge in [0.2, 0.25) is 0 Å². The highest BCUT2D eigenvalue weighted by atomic mass is 32.2. The minimum Gasteiger partial charge on any atom is -0.379 e. The molecular formula is C15H31NOS. The van der Waals surface area contributed by atoms with E-state index < -0.39 is 0 Å². The van der Waals surface area contributed by atoms with Gasteiger partial charge in [-0.15, -0.1) is 0 Å². The molecule has 1 saturated heterocycles. The summed E-state index contributed by atoms with van der Waals surface area (Å²) in [5.74, 6) is 1.35. The van der Waals surface area contributed by atoms with Gasteiger partial charge in [0.1, 0.15) is 0 Å². The molecule has 1 N–H and O–H groups in total. The van der Waals surface area contributed by atoms with Gasteiger partial charge in [-0.3, -0.25) is 0 Å². The zero-order chi connectivity index (χ0) is 13.4. The predicted octanol–water partition coefficient (Wildman–Crippen LogP) is 3.85. The van der Waals surface area contributed by atoms with Gasteiger partial charge in [0.05, 0.1) is 5.60 Å². The normalized spacial score (nSPS) is 23.0. The maximum Gasteiger partial charge on any atom is 0.0623 e. The zero-order valence-electron chi connectivity index (χ0n) is 12.6. The molecule has 2 unspecified atom stereocenters. The number of methoxy groups -OCH3 is 1. The summed E-state index contributed by atoms with van der Waals surface area (Å²) in [6, 6.07) is 0.671. The first-order valence-corrected chi connectivity index (χ1v) is 8.54. The highest BCUT2D eigenvalue weighted by Gasteiger charge is 2.26. The van der Waals surface area contributed by atoms with Crippen LogP contribution in [0.1, 0.15) is 59.3 Å². The van der Waals surface area contributed by atoms with Crippen molar-refractivity contribution in [2.24, 2.45) is 0 Å². The van der Waals surface area contributed by atoms with Gasteiger partial charge >= 0.3 is 0 Å². The van der Waals surface area contributed by atoms with Crippen molar-refractivity contribution < 1.29 is 4.74 Å². The quantitative estimate of drug-likeness (QED) is 0.726. The van der Waals surface area contributed by atoms with Crippen molar-refractivity contribution in [3.8, 4) is 0 Å². The highest BCUT2D eigenvalue weighted by Crippen LogP contribution is 2.30. The van der Waals surface area contributed by atoms with Gasteiger partial charge in [-0.05, 0) is 58.2 Å². The second-order valence-electron chi connectivity index (χ2n) is 5.97. The van der Waals surface area contributed by atoms with Crippen LogP contribution in [0.25, 0.3) is 0 Å². The Bertz CT molecular complexity index is 215. The average molecular weight is 273 g/mol. The van der Waals surface area contributed by atoms with Gasteiger partial charge in [-0.1, -0.05) is 13.3 Å². The Morgan fingerprint density at radius 2 is 2.17 bits per heavy atom. The zero-order valence-corrected chi connectivity index (χ0v) is 13.4. The Morgan fingerprint density at radius 1 is 1.39 bits per heavy atom. The molecule has 0 aromatic rings. The van der Waals surface area contributed by atoms with Crippen LogP contribution in [-0.2, 0) is 4.74 Å². The molecule has 1 heterocycles. The van der Waals surface area contributed by atoms with Crippen LogP contribution in [0.4, 0.5) is 0 Å². The van der Waals surface area contributed by atoms with E-state index in [9.17, 15) is 0 Å². The standard InChI is InChI=1S/C15H31NOS/c1-5-11-16-13(9-10-15(2,3)17-4)14-8-6-7-12-18-14/h13-14,16H,5-12H2,1-4H3. The van der Waals surface area contributed by atoms with Crippen LogP contribution in [0.2, 0.25) is 0 Å². The Hall–Kier alpha value is 0.270. The van der Waals surface area contributed by atoms with E-state index in [0.717, 1.165) is 18.2 Å². The van der Waals surface area contributed by atoms with Crippen molar-refractivity contribution in [1.82, 2.24) is 5.32 Å². The van der Waals surface area contributed by atoms with Crippen molar-refractivity contribution >= 4 is 11.8 Å². The Labute approximate surface area is 118 Å². The van der Waals surface area contributed by atoms with Gasteiger partial charge < -0.3 is 10.1 Å². The first kappa shape index (κ1) is 16.3. The molecule has 1 fully saturated rings. The molecule has 1 aliphatic rings. The number of hydrogen-bond donors (Lipinski definition) is 1. The molecule has 108 valence electrons. The van der Waals surface area contributed by atoms with E-state index in [0.29, 0.717) is 6.04 Å². The number of nitrogens with one attached hydrogen (secondary N) is 1. The summed E-state index contributed by atoms with van der Waals surface area (Å²) in [6.07, 6.45) is 7.81. The molecule has 1 rings (SSSR count). The molecule has 0 aromatic heterocycles. The summed E-state index contributed by atoms with van der Waals surface area (Å²) in [6.45, 7) is 7.78. The maximum absolute atomic E-state index is 5.55. The molecule has 0 bridgehead atoms. The van der Waals surface area contributed by atoms with E-state index in [2.05, 4.69) is 37.8 Å². The second-order valence-corrected chi connectivity index (χ2v) is 7.32. The third-order valence-corrected chi connectivity index (χ3v) is 5.45. The van der Waals surface area contributed by atoms with Crippen molar-refractivity contribution in [1.29, 1.82) is 0 Å². The lowest BCUT2D eigenvalue weighted by atomic mass is 9.95. The van der Waals surface area contributed by atoms with Crippen molar-refractivity contribution in [2.45, 2.75) is 76.2 Å². The molecule has 0 saturated carbocycles. The monoisotopic (exact) mass is 273 g/mol. The molecular weight excluding hydrogens is 242 g/mol. The summed E-state index contributed by atoms with van der Waals surface area (Å²) in [5.41, 5.74) is 0.0193. The lowest BCUT2D eigenvalue weighted by Crippen LogP contribution is -2.41. The summed E-state index contributed by atoms with van der Waals surface area (Å²) in [7, 11) is 1.82. The molecule has 0 amide bonds. The SMILES string of the molecule is CCCNC(CCC(C)(C)OC)C1CCCCS1. The fourth-order valence-corrected chi connectivity index (χ4v) is 3.91. The van der Waals surface area contributed by atoms with Crippen LogP contribution >= 0.6 is 11.8 Å². The van der Waals surface area contributed by atoms with Gasteiger partial charge in [0.15, 0.2) is 0 Å². The van der Waals surface area contributed by atoms with E-state index in [1.807, 2.05) is 7.11 Å². The first-order chi connectivity index (χ1) is 8.59. The fourth-order valence-electron chi connectivity index (χ4n) is 2.44. The minimum absolute atomic E-state index is 0.0193. The summed E-state index contributed by atoms with van der Waals surface area (Å²) in [4.78, 5) is 0. The van der Waals surface area contributed by atoms with Crippen LogP contribution in [0.5, 0.6) is 0 Å². The molecule has 0 spiro atoms. The summed E-state index contributed by atoms with van der Waals surface area (Å²) < 4.78 is 5.55. The smallest absolute Gasteiger partial charge is 0.0623 e. The van der Waals surface area contributed by atoms with Crippen LogP contribution in [0.15, 0.2) is 0 Å². The maximum atomic E-state index is 5.55. The number of rotatable bonds is 8. The van der Waals surface area contributed by atoms with Crippen molar-refractivity contribution in [3.05, 3.63) is 0 Å². The van der Waals surface area contributed by atoms with E-state index >= 15 is 0 Å². The highest BCUT2D eigenvalue weighted by molar-refractivity contribution is 8.00. The average Bonchev–Trinajstić information content (AvgIpc) is 2.40. The van der Waals surface area contributed by atoms with Crippen LogP contribution in [0, 0.1) is 0 Å². The molecule has 2 nitrogen and oxygen atoms in total. The third-order valence-electron chi connectivity index (χ3n) is 3.93. The van der Waals surface area contributed by atoms with Gasteiger partial charge in [0.25, 0.3) is 0 Å². The molecule has 18 heavy (non-hydrogen) atoms. The molecule has 1 aliphatic heterocycles. The van der Waals surface area contributed by atoms with E-state index in [1.54, 1.807) is 0 Å². The van der Waals surface area contributed by atoms with Crippen LogP contribution in [-0.4, -0.2) is 36.3 Å². The van der Waals surface area contributed by atoms with E-state index in [1.165, 1.54) is 37.9 Å². The number of hydrogen-bond acceptors (Lipinski definition) is 3. The minimum atomic E-state index is 0.0193. The van der Waals surface area contributed by atoms with E-state index in [4.69, 9.17) is 4.74 Å². The fraction of sp³-hybridized carbons (Fsp3) is 1.00. The van der Waals surface area contributed by atoms with Gasteiger partial charge in [-0.25, -0.2) is 0 Å².